The number of piperidine rings is 1. The lowest BCUT2D eigenvalue weighted by molar-refractivity contribution is 0.290. The summed E-state index contributed by atoms with van der Waals surface area (Å²) >= 11 is 0. The van der Waals surface area contributed by atoms with Gasteiger partial charge in [-0.25, -0.2) is 0 Å². The molecule has 2 atom stereocenters. The fraction of sp³-hybridized carbons (Fsp3) is 0.526. The Hall–Kier alpha value is -2.31. The molecule has 2 unspecified atom stereocenters. The molecule has 0 bridgehead atoms. The minimum atomic E-state index is -0.0392. The van der Waals surface area contributed by atoms with Gasteiger partial charge >= 0.3 is 0 Å². The molecule has 2 nitrogen and oxygen atoms in total. The van der Waals surface area contributed by atoms with E-state index in [0.717, 1.165) is 12.2 Å². The molecule has 0 radical (unpaired) electrons. The van der Waals surface area contributed by atoms with Crippen molar-refractivity contribution in [1.82, 2.24) is 0 Å². The quantitative estimate of drug-likeness (QED) is 0.225. The van der Waals surface area contributed by atoms with Gasteiger partial charge in [0.05, 0.1) is 0 Å². The summed E-state index contributed by atoms with van der Waals surface area (Å²) in [6.45, 7) is 21.8. The van der Waals surface area contributed by atoms with Gasteiger partial charge in [-0.2, -0.15) is 0 Å². The van der Waals surface area contributed by atoms with Gasteiger partial charge in [0.1, 0.15) is 12.4 Å². The number of rotatable bonds is 10. The summed E-state index contributed by atoms with van der Waals surface area (Å²) in [4.78, 5) is 2.64. The third kappa shape index (κ3) is 7.95. The zero-order chi connectivity index (χ0) is 29.7. The first-order valence-corrected chi connectivity index (χ1v) is 16.9. The number of hydrogen-bond acceptors (Lipinski definition) is 2. The topological polar surface area (TPSA) is 12.5 Å². The van der Waals surface area contributed by atoms with Gasteiger partial charge in [0.2, 0.25) is 0 Å². The first-order valence-electron chi connectivity index (χ1n) is 15.9. The molecule has 1 aliphatic rings. The second-order valence-electron chi connectivity index (χ2n) is 14.3. The molecule has 4 rings (SSSR count). The maximum absolute atomic E-state index is 6.95. The Bertz CT molecular complexity index is 1260. The third-order valence-electron chi connectivity index (χ3n) is 8.63. The standard InChI is InChI=1S/C38H54NOP/c1-9-10-23-38(8,41-34-22-16-15-21-33(34)39-24-17-12-18-25-39)32-27-30(36(2,3)4)26-31(37(5,6)7)35(32)40-28-29-19-13-11-14-20-29/h11,13-16,19-22,26-27,41H,9-10,12,17-18,23-25,28H2,1-8H3. The third-order valence-corrected chi connectivity index (χ3v) is 10.4. The van der Waals surface area contributed by atoms with Crippen LogP contribution in [-0.2, 0) is 22.6 Å². The van der Waals surface area contributed by atoms with Crippen molar-refractivity contribution in [1.29, 1.82) is 0 Å². The van der Waals surface area contributed by atoms with Crippen molar-refractivity contribution in [3.63, 3.8) is 0 Å². The highest BCUT2D eigenvalue weighted by atomic mass is 31.1. The van der Waals surface area contributed by atoms with Crippen molar-refractivity contribution in [2.45, 2.75) is 117 Å². The Morgan fingerprint density at radius 3 is 2.02 bits per heavy atom. The number of benzene rings is 3. The van der Waals surface area contributed by atoms with Gasteiger partial charge in [-0.1, -0.05) is 137 Å². The van der Waals surface area contributed by atoms with Gasteiger partial charge in [-0.15, -0.1) is 0 Å². The summed E-state index contributed by atoms with van der Waals surface area (Å²) in [6, 6.07) is 24.8. The highest BCUT2D eigenvalue weighted by Crippen LogP contribution is 2.53. The average molecular weight is 572 g/mol. The second-order valence-corrected chi connectivity index (χ2v) is 16.2. The minimum Gasteiger partial charge on any atom is -0.488 e. The van der Waals surface area contributed by atoms with Crippen LogP contribution < -0.4 is 14.9 Å². The van der Waals surface area contributed by atoms with Crippen molar-refractivity contribution in [2.24, 2.45) is 0 Å². The molecule has 222 valence electrons. The number of hydrogen-bond donors (Lipinski definition) is 0. The van der Waals surface area contributed by atoms with Crippen LogP contribution in [0.2, 0.25) is 0 Å². The number of nitrogens with zero attached hydrogens (tertiary/aromatic N) is 1. The van der Waals surface area contributed by atoms with Crippen molar-refractivity contribution in [3.05, 3.63) is 89.0 Å². The average Bonchev–Trinajstić information content (AvgIpc) is 2.95. The molecule has 1 saturated heterocycles. The summed E-state index contributed by atoms with van der Waals surface area (Å²) < 4.78 is 6.95. The number of anilines is 1. The maximum atomic E-state index is 6.95. The molecule has 0 N–H and O–H groups in total. The lowest BCUT2D eigenvalue weighted by Gasteiger charge is -2.38. The molecule has 1 aliphatic heterocycles. The van der Waals surface area contributed by atoms with Gasteiger partial charge < -0.3 is 9.64 Å². The van der Waals surface area contributed by atoms with Crippen LogP contribution in [0.3, 0.4) is 0 Å². The molecule has 41 heavy (non-hydrogen) atoms. The van der Waals surface area contributed by atoms with Crippen LogP contribution in [0.5, 0.6) is 5.75 Å². The zero-order valence-corrected chi connectivity index (χ0v) is 28.1. The fourth-order valence-corrected chi connectivity index (χ4v) is 7.76. The van der Waals surface area contributed by atoms with E-state index in [-0.39, 0.29) is 16.0 Å². The van der Waals surface area contributed by atoms with E-state index in [0.29, 0.717) is 15.2 Å². The molecule has 3 heteroatoms. The number of para-hydroxylation sites is 1. The predicted molar refractivity (Wildman–Crippen MR) is 182 cm³/mol. The van der Waals surface area contributed by atoms with Gasteiger partial charge in [-0.05, 0) is 59.0 Å². The van der Waals surface area contributed by atoms with Crippen LogP contribution in [0.1, 0.15) is 116 Å². The van der Waals surface area contributed by atoms with E-state index >= 15 is 0 Å². The zero-order valence-electron chi connectivity index (χ0n) is 27.1. The maximum Gasteiger partial charge on any atom is 0.127 e. The first kappa shape index (κ1) is 31.6. The van der Waals surface area contributed by atoms with Crippen molar-refractivity contribution in [3.8, 4) is 5.75 Å². The molecular formula is C38H54NOP. The van der Waals surface area contributed by atoms with E-state index in [1.165, 1.54) is 78.4 Å². The van der Waals surface area contributed by atoms with E-state index in [2.05, 4.69) is 127 Å². The van der Waals surface area contributed by atoms with Crippen molar-refractivity contribution in [2.75, 3.05) is 18.0 Å². The van der Waals surface area contributed by atoms with Crippen LogP contribution in [0.25, 0.3) is 0 Å². The first-order chi connectivity index (χ1) is 19.4. The Labute approximate surface area is 253 Å². The Morgan fingerprint density at radius 1 is 0.756 bits per heavy atom. The van der Waals surface area contributed by atoms with Crippen molar-refractivity contribution >= 4 is 19.6 Å². The van der Waals surface area contributed by atoms with Crippen LogP contribution >= 0.6 is 8.58 Å². The van der Waals surface area contributed by atoms with Crippen molar-refractivity contribution < 1.29 is 4.74 Å². The summed E-state index contributed by atoms with van der Waals surface area (Å²) in [7, 11) is 0.664. The summed E-state index contributed by atoms with van der Waals surface area (Å²) in [5.74, 6) is 1.11. The molecule has 3 aromatic carbocycles. The Kier molecular flexibility index (Phi) is 10.3. The molecule has 0 spiro atoms. The Morgan fingerprint density at radius 2 is 1.39 bits per heavy atom. The molecule has 0 aromatic heterocycles. The van der Waals surface area contributed by atoms with Gasteiger partial charge in [0, 0.05) is 35.1 Å². The molecule has 0 amide bonds. The Balaban J connectivity index is 1.89. The van der Waals surface area contributed by atoms with E-state index < -0.39 is 0 Å². The largest absolute Gasteiger partial charge is 0.488 e. The highest BCUT2D eigenvalue weighted by Gasteiger charge is 2.36. The minimum absolute atomic E-state index is 0.0326. The molecule has 1 heterocycles. The highest BCUT2D eigenvalue weighted by molar-refractivity contribution is 7.49. The van der Waals surface area contributed by atoms with E-state index in [1.807, 2.05) is 0 Å². The SMILES string of the molecule is CCCCC(C)(Pc1ccccc1N1CCCCC1)c1cc(C(C)(C)C)cc(C(C)(C)C)c1OCc1ccccc1. The lowest BCUT2D eigenvalue weighted by Crippen LogP contribution is -2.33. The van der Waals surface area contributed by atoms with E-state index in [4.69, 9.17) is 4.74 Å². The lowest BCUT2D eigenvalue weighted by atomic mass is 9.76. The van der Waals surface area contributed by atoms with E-state index in [9.17, 15) is 0 Å². The summed E-state index contributed by atoms with van der Waals surface area (Å²) in [5, 5.41) is 1.47. The summed E-state index contributed by atoms with van der Waals surface area (Å²) in [5.41, 5.74) is 6.80. The van der Waals surface area contributed by atoms with Crippen LogP contribution in [0, 0.1) is 0 Å². The normalized spacial score (nSPS) is 16.2. The van der Waals surface area contributed by atoms with Crippen LogP contribution in [0.4, 0.5) is 5.69 Å². The molecule has 0 aliphatic carbocycles. The van der Waals surface area contributed by atoms with Crippen LogP contribution in [0.15, 0.2) is 66.7 Å². The second kappa shape index (κ2) is 13.3. The molecular weight excluding hydrogens is 517 g/mol. The van der Waals surface area contributed by atoms with Crippen LogP contribution in [-0.4, -0.2) is 13.1 Å². The predicted octanol–water partition coefficient (Wildman–Crippen LogP) is 10.3. The van der Waals surface area contributed by atoms with Gasteiger partial charge in [0.15, 0.2) is 0 Å². The number of ether oxygens (including phenoxy) is 1. The fourth-order valence-electron chi connectivity index (χ4n) is 6.00. The smallest absolute Gasteiger partial charge is 0.127 e. The van der Waals surface area contributed by atoms with Gasteiger partial charge in [0.25, 0.3) is 0 Å². The van der Waals surface area contributed by atoms with Gasteiger partial charge in [-0.3, -0.25) is 0 Å². The number of unbranched alkanes of at least 4 members (excludes halogenated alkanes) is 1. The molecule has 3 aromatic rings. The molecule has 1 fully saturated rings. The van der Waals surface area contributed by atoms with E-state index in [1.54, 1.807) is 0 Å². The summed E-state index contributed by atoms with van der Waals surface area (Å²) in [6.07, 6.45) is 7.49. The molecule has 0 saturated carbocycles. The monoisotopic (exact) mass is 571 g/mol.